The zero-order valence-electron chi connectivity index (χ0n) is 19.3. The molecule has 0 spiro atoms. The number of aromatic amines is 1. The number of ether oxygens (including phenoxy) is 2. The van der Waals surface area contributed by atoms with Gasteiger partial charge in [0.25, 0.3) is 11.2 Å². The highest BCUT2D eigenvalue weighted by atomic mass is 16.6. The highest BCUT2D eigenvalue weighted by Gasteiger charge is 2.23. The zero-order chi connectivity index (χ0) is 26.5. The fourth-order valence-electron chi connectivity index (χ4n) is 3.48. The molecule has 0 aliphatic carbocycles. The van der Waals surface area contributed by atoms with Crippen molar-refractivity contribution in [1.82, 2.24) is 9.66 Å². The van der Waals surface area contributed by atoms with E-state index >= 15 is 0 Å². The Kier molecular flexibility index (Phi) is 7.04. The quantitative estimate of drug-likeness (QED) is 0.205. The molecule has 0 atom stereocenters. The second kappa shape index (κ2) is 10.5. The van der Waals surface area contributed by atoms with Crippen LogP contribution in [0.4, 0.5) is 11.4 Å². The van der Waals surface area contributed by atoms with E-state index in [2.05, 4.69) is 10.1 Å². The van der Waals surface area contributed by atoms with Gasteiger partial charge in [0, 0.05) is 23.8 Å². The molecule has 0 aliphatic heterocycles. The highest BCUT2D eigenvalue weighted by Crippen LogP contribution is 2.39. The number of benzene rings is 3. The largest absolute Gasteiger partial charge is 0.490 e. The minimum absolute atomic E-state index is 0.0415. The van der Waals surface area contributed by atoms with E-state index in [-0.39, 0.29) is 41.3 Å². The first-order chi connectivity index (χ1) is 17.8. The normalized spacial score (nSPS) is 11.1. The number of hydrogen-bond donors (Lipinski definition) is 1. The van der Waals surface area contributed by atoms with Crippen molar-refractivity contribution < 1.29 is 19.3 Å². The minimum Gasteiger partial charge on any atom is -0.490 e. The van der Waals surface area contributed by atoms with Crippen LogP contribution in [0.2, 0.25) is 0 Å². The van der Waals surface area contributed by atoms with E-state index in [4.69, 9.17) is 9.47 Å². The number of non-ortho nitro benzene ring substituents is 1. The van der Waals surface area contributed by atoms with Gasteiger partial charge in [-0.25, -0.2) is 4.79 Å². The Balaban J connectivity index is 1.69. The molecular weight excluding hydrogens is 486 g/mol. The minimum atomic E-state index is -0.775. The first-order valence-electron chi connectivity index (χ1n) is 10.9. The third-order valence-corrected chi connectivity index (χ3v) is 5.19. The number of fused-ring (bicyclic) bond motifs is 1. The summed E-state index contributed by atoms with van der Waals surface area (Å²) in [6, 6.07) is 14.6. The van der Waals surface area contributed by atoms with Crippen LogP contribution in [-0.2, 0) is 6.61 Å². The van der Waals surface area contributed by atoms with Crippen LogP contribution in [0, 0.1) is 20.2 Å². The molecule has 4 aromatic rings. The van der Waals surface area contributed by atoms with E-state index in [9.17, 15) is 29.8 Å². The molecular formula is C24H19N5O8. The van der Waals surface area contributed by atoms with Gasteiger partial charge in [0.15, 0.2) is 5.75 Å². The second-order valence-electron chi connectivity index (χ2n) is 7.61. The van der Waals surface area contributed by atoms with Crippen LogP contribution in [0.1, 0.15) is 18.1 Å². The summed E-state index contributed by atoms with van der Waals surface area (Å²) >= 11 is 0. The number of aromatic nitrogens is 2. The summed E-state index contributed by atoms with van der Waals surface area (Å²) in [7, 11) is 0. The molecule has 0 fully saturated rings. The number of nitrogens with one attached hydrogen (secondary N) is 1. The topological polar surface area (TPSA) is 172 Å². The average molecular weight is 505 g/mol. The van der Waals surface area contributed by atoms with Crippen LogP contribution < -0.4 is 20.7 Å². The third-order valence-electron chi connectivity index (χ3n) is 5.19. The van der Waals surface area contributed by atoms with Gasteiger partial charge in [-0.2, -0.15) is 5.10 Å². The van der Waals surface area contributed by atoms with Crippen LogP contribution in [0.15, 0.2) is 75.4 Å². The van der Waals surface area contributed by atoms with Crippen molar-refractivity contribution in [1.29, 1.82) is 0 Å². The molecule has 1 N–H and O–H groups in total. The molecule has 1 aromatic heterocycles. The number of rotatable bonds is 9. The smallest absolute Gasteiger partial charge is 0.349 e. The van der Waals surface area contributed by atoms with Crippen molar-refractivity contribution in [2.24, 2.45) is 5.10 Å². The fraction of sp³-hybridized carbons (Fsp3) is 0.125. The van der Waals surface area contributed by atoms with Gasteiger partial charge in [-0.1, -0.05) is 12.1 Å². The molecule has 3 aromatic carbocycles. The zero-order valence-corrected chi connectivity index (χ0v) is 19.3. The summed E-state index contributed by atoms with van der Waals surface area (Å²) < 4.78 is 11.8. The molecule has 37 heavy (non-hydrogen) atoms. The number of hydrogen-bond acceptors (Lipinski definition) is 9. The van der Waals surface area contributed by atoms with Crippen LogP contribution in [0.25, 0.3) is 10.9 Å². The fourth-order valence-corrected chi connectivity index (χ4v) is 3.48. The summed E-state index contributed by atoms with van der Waals surface area (Å²) in [5.74, 6) is -0.108. The van der Waals surface area contributed by atoms with Gasteiger partial charge in [0.1, 0.15) is 6.61 Å². The van der Waals surface area contributed by atoms with Crippen molar-refractivity contribution in [2.45, 2.75) is 13.5 Å². The van der Waals surface area contributed by atoms with Gasteiger partial charge in [0.05, 0.1) is 33.6 Å². The van der Waals surface area contributed by atoms with Crippen LogP contribution in [-0.4, -0.2) is 32.3 Å². The Labute approximate surface area is 207 Å². The van der Waals surface area contributed by atoms with Crippen LogP contribution >= 0.6 is 0 Å². The molecule has 13 heteroatoms. The summed E-state index contributed by atoms with van der Waals surface area (Å²) in [5, 5.41) is 26.8. The van der Waals surface area contributed by atoms with E-state index < -0.39 is 26.8 Å². The number of H-pyrrole nitrogens is 1. The maximum Gasteiger partial charge on any atom is 0.349 e. The second-order valence-corrected chi connectivity index (χ2v) is 7.61. The molecule has 1 heterocycles. The van der Waals surface area contributed by atoms with Gasteiger partial charge >= 0.3 is 11.4 Å². The number of nitrogens with zero attached hydrogens (tertiary/aromatic N) is 4. The van der Waals surface area contributed by atoms with Crippen LogP contribution in [0.3, 0.4) is 0 Å². The molecule has 0 radical (unpaired) electrons. The Hall–Kier alpha value is -5.33. The molecule has 0 aliphatic rings. The number of nitro groups is 2. The predicted molar refractivity (Wildman–Crippen MR) is 134 cm³/mol. The van der Waals surface area contributed by atoms with Gasteiger partial charge in [-0.05, 0) is 42.8 Å². The van der Waals surface area contributed by atoms with E-state index in [0.717, 1.165) is 12.3 Å². The number of para-hydroxylation sites is 1. The van der Waals surface area contributed by atoms with E-state index in [1.165, 1.54) is 36.4 Å². The molecule has 4 rings (SSSR count). The first-order valence-corrected chi connectivity index (χ1v) is 10.9. The molecule has 13 nitrogen and oxygen atoms in total. The standard InChI is InChI=1S/C24H19N5O8/c1-2-36-21-12-16(13-25-27-23(30)18-5-3-4-6-19(18)26-24(27)31)11-20(29(34)35)22(21)37-14-15-7-9-17(10-8-15)28(32)33/h3-13H,2,14H2,1H3,(H,26,31). The van der Waals surface area contributed by atoms with Crippen molar-refractivity contribution in [3.05, 3.63) is 113 Å². The van der Waals surface area contributed by atoms with E-state index in [0.29, 0.717) is 15.8 Å². The Morgan fingerprint density at radius 2 is 1.73 bits per heavy atom. The van der Waals surface area contributed by atoms with Crippen molar-refractivity contribution in [3.8, 4) is 11.5 Å². The third kappa shape index (κ3) is 5.35. The maximum atomic E-state index is 12.7. The average Bonchev–Trinajstić information content (AvgIpc) is 2.88. The lowest BCUT2D eigenvalue weighted by Crippen LogP contribution is -2.32. The van der Waals surface area contributed by atoms with Crippen molar-refractivity contribution in [2.75, 3.05) is 6.61 Å². The van der Waals surface area contributed by atoms with Crippen molar-refractivity contribution >= 4 is 28.5 Å². The van der Waals surface area contributed by atoms with Gasteiger partial charge < -0.3 is 14.5 Å². The summed E-state index contributed by atoms with van der Waals surface area (Å²) in [6.45, 7) is 1.73. The molecule has 0 unspecified atom stereocenters. The van der Waals surface area contributed by atoms with E-state index in [1.54, 1.807) is 25.1 Å². The Bertz CT molecular complexity index is 1640. The summed E-state index contributed by atoms with van der Waals surface area (Å²) in [6.07, 6.45) is 1.13. The lowest BCUT2D eigenvalue weighted by Gasteiger charge is -2.13. The number of nitro benzene ring substituents is 2. The van der Waals surface area contributed by atoms with Gasteiger partial charge in [0.2, 0.25) is 5.75 Å². The predicted octanol–water partition coefficient (Wildman–Crippen LogP) is 3.37. The Morgan fingerprint density at radius 1 is 1.00 bits per heavy atom. The van der Waals surface area contributed by atoms with E-state index in [1.807, 2.05) is 0 Å². The SMILES string of the molecule is CCOc1cc(C=Nn2c(=O)[nH]c3ccccc3c2=O)cc([N+](=O)[O-])c1OCc1ccc([N+](=O)[O-])cc1. The molecule has 0 amide bonds. The molecule has 188 valence electrons. The molecule has 0 saturated heterocycles. The molecule has 0 saturated carbocycles. The molecule has 0 bridgehead atoms. The van der Waals surface area contributed by atoms with Gasteiger partial charge in [-0.15, -0.1) is 4.68 Å². The lowest BCUT2D eigenvalue weighted by molar-refractivity contribution is -0.386. The maximum absolute atomic E-state index is 12.7. The van der Waals surface area contributed by atoms with Crippen LogP contribution in [0.5, 0.6) is 11.5 Å². The monoisotopic (exact) mass is 505 g/mol. The summed E-state index contributed by atoms with van der Waals surface area (Å²) in [5.41, 5.74) is -0.888. The van der Waals surface area contributed by atoms with Gasteiger partial charge in [-0.3, -0.25) is 25.0 Å². The lowest BCUT2D eigenvalue weighted by atomic mass is 10.1. The highest BCUT2D eigenvalue weighted by molar-refractivity contribution is 5.83. The van der Waals surface area contributed by atoms with Crippen molar-refractivity contribution in [3.63, 3.8) is 0 Å². The first kappa shape index (κ1) is 24.8. The summed E-state index contributed by atoms with van der Waals surface area (Å²) in [4.78, 5) is 49.1. The Morgan fingerprint density at radius 3 is 2.41 bits per heavy atom.